The molecule has 0 aliphatic carbocycles. The lowest BCUT2D eigenvalue weighted by atomic mass is 9.96. The van der Waals surface area contributed by atoms with Gasteiger partial charge in [0.05, 0.1) is 12.6 Å². The molecule has 21 heavy (non-hydrogen) atoms. The predicted molar refractivity (Wildman–Crippen MR) is 87.0 cm³/mol. The molecule has 1 saturated heterocycles. The van der Waals surface area contributed by atoms with Crippen molar-refractivity contribution in [2.75, 3.05) is 29.9 Å². The van der Waals surface area contributed by atoms with Crippen LogP contribution in [-0.2, 0) is 5.41 Å². The first-order chi connectivity index (χ1) is 9.95. The largest absolute Gasteiger partial charge is 0.394 e. The number of anilines is 2. The third-order valence-electron chi connectivity index (χ3n) is 3.82. The molecule has 1 atom stereocenters. The van der Waals surface area contributed by atoms with Gasteiger partial charge in [0.15, 0.2) is 0 Å². The lowest BCUT2D eigenvalue weighted by Gasteiger charge is -2.27. The molecule has 5 nitrogen and oxygen atoms in total. The fraction of sp³-hybridized carbons (Fsp3) is 0.750. The molecule has 0 bridgehead atoms. The Hall–Kier alpha value is -1.36. The van der Waals surface area contributed by atoms with Gasteiger partial charge in [0.2, 0.25) is 0 Å². The SMILES string of the molecule is CCCNc1cc(N2CCCC2CO)nc(C(C)(C)C)n1. The van der Waals surface area contributed by atoms with Crippen LogP contribution in [0.3, 0.4) is 0 Å². The minimum Gasteiger partial charge on any atom is -0.394 e. The Balaban J connectivity index is 2.35. The normalized spacial score (nSPS) is 19.1. The Kier molecular flexibility index (Phi) is 5.04. The minimum atomic E-state index is -0.0902. The Bertz CT molecular complexity index is 470. The molecule has 1 fully saturated rings. The van der Waals surface area contributed by atoms with Crippen molar-refractivity contribution >= 4 is 11.6 Å². The van der Waals surface area contributed by atoms with Gasteiger partial charge in [-0.25, -0.2) is 9.97 Å². The summed E-state index contributed by atoms with van der Waals surface area (Å²) in [4.78, 5) is 11.6. The fourth-order valence-corrected chi connectivity index (χ4v) is 2.59. The van der Waals surface area contributed by atoms with Crippen LogP contribution >= 0.6 is 0 Å². The third kappa shape index (κ3) is 3.84. The van der Waals surface area contributed by atoms with E-state index in [-0.39, 0.29) is 18.1 Å². The molecule has 1 unspecified atom stereocenters. The molecule has 1 aliphatic rings. The lowest BCUT2D eigenvalue weighted by Crippen LogP contribution is -2.33. The van der Waals surface area contributed by atoms with Gasteiger partial charge in [-0.3, -0.25) is 0 Å². The van der Waals surface area contributed by atoms with E-state index in [4.69, 9.17) is 4.98 Å². The van der Waals surface area contributed by atoms with Crippen LogP contribution in [0.2, 0.25) is 0 Å². The second kappa shape index (κ2) is 6.60. The van der Waals surface area contributed by atoms with Crippen molar-refractivity contribution in [2.45, 2.75) is 58.4 Å². The van der Waals surface area contributed by atoms with Crippen molar-refractivity contribution in [2.24, 2.45) is 0 Å². The molecule has 0 radical (unpaired) electrons. The highest BCUT2D eigenvalue weighted by molar-refractivity contribution is 5.51. The molecule has 0 aromatic carbocycles. The standard InChI is InChI=1S/C16H28N4O/c1-5-8-17-13-10-14(19-15(18-13)16(2,3)4)20-9-6-7-12(20)11-21/h10,12,21H,5-9,11H2,1-4H3,(H,17,18,19). The minimum absolute atomic E-state index is 0.0902. The number of rotatable bonds is 5. The maximum Gasteiger partial charge on any atom is 0.138 e. The summed E-state index contributed by atoms with van der Waals surface area (Å²) >= 11 is 0. The van der Waals surface area contributed by atoms with Crippen LogP contribution in [0.5, 0.6) is 0 Å². The number of nitrogens with one attached hydrogen (secondary N) is 1. The van der Waals surface area contributed by atoms with E-state index in [1.54, 1.807) is 0 Å². The van der Waals surface area contributed by atoms with Crippen LogP contribution in [0.15, 0.2) is 6.07 Å². The highest BCUT2D eigenvalue weighted by Gasteiger charge is 2.27. The van der Waals surface area contributed by atoms with E-state index in [1.807, 2.05) is 6.07 Å². The van der Waals surface area contributed by atoms with Gasteiger partial charge >= 0.3 is 0 Å². The molecule has 0 amide bonds. The molecule has 5 heteroatoms. The molecule has 1 aromatic rings. The molecule has 0 saturated carbocycles. The van der Waals surface area contributed by atoms with Crippen LogP contribution in [0, 0.1) is 0 Å². The Morgan fingerprint density at radius 1 is 1.38 bits per heavy atom. The first-order valence-electron chi connectivity index (χ1n) is 7.96. The fourth-order valence-electron chi connectivity index (χ4n) is 2.59. The topological polar surface area (TPSA) is 61.3 Å². The highest BCUT2D eigenvalue weighted by Crippen LogP contribution is 2.28. The van der Waals surface area contributed by atoms with Crippen LogP contribution in [0.25, 0.3) is 0 Å². The maximum atomic E-state index is 9.54. The number of hydrogen-bond acceptors (Lipinski definition) is 5. The molecular weight excluding hydrogens is 264 g/mol. The predicted octanol–water partition coefficient (Wildman–Crippen LogP) is 2.56. The van der Waals surface area contributed by atoms with E-state index in [0.29, 0.717) is 0 Å². The number of nitrogens with zero attached hydrogens (tertiary/aromatic N) is 3. The quantitative estimate of drug-likeness (QED) is 0.873. The zero-order chi connectivity index (χ0) is 15.5. The zero-order valence-electron chi connectivity index (χ0n) is 13.7. The van der Waals surface area contributed by atoms with E-state index in [0.717, 1.165) is 49.8 Å². The van der Waals surface area contributed by atoms with Gasteiger partial charge in [-0.1, -0.05) is 27.7 Å². The number of aliphatic hydroxyl groups is 1. The molecule has 2 rings (SSSR count). The number of aliphatic hydroxyl groups excluding tert-OH is 1. The molecule has 2 N–H and O–H groups in total. The second-order valence-corrected chi connectivity index (χ2v) is 6.78. The Morgan fingerprint density at radius 3 is 2.76 bits per heavy atom. The summed E-state index contributed by atoms with van der Waals surface area (Å²) in [5.74, 6) is 2.67. The first-order valence-corrected chi connectivity index (χ1v) is 7.96. The number of hydrogen-bond donors (Lipinski definition) is 2. The van der Waals surface area contributed by atoms with Gasteiger partial charge in [0.1, 0.15) is 17.5 Å². The van der Waals surface area contributed by atoms with Crippen molar-refractivity contribution in [1.29, 1.82) is 0 Å². The monoisotopic (exact) mass is 292 g/mol. The van der Waals surface area contributed by atoms with Crippen LogP contribution in [0.4, 0.5) is 11.6 Å². The maximum absolute atomic E-state index is 9.54. The molecule has 118 valence electrons. The van der Waals surface area contributed by atoms with Crippen LogP contribution in [-0.4, -0.2) is 40.8 Å². The van der Waals surface area contributed by atoms with Gasteiger partial charge in [-0.15, -0.1) is 0 Å². The molecule has 0 spiro atoms. The summed E-state index contributed by atoms with van der Waals surface area (Å²) in [7, 11) is 0. The average molecular weight is 292 g/mol. The van der Waals surface area contributed by atoms with Crippen molar-refractivity contribution in [3.05, 3.63) is 11.9 Å². The second-order valence-electron chi connectivity index (χ2n) is 6.78. The van der Waals surface area contributed by atoms with Crippen molar-refractivity contribution in [3.8, 4) is 0 Å². The van der Waals surface area contributed by atoms with Crippen molar-refractivity contribution in [3.63, 3.8) is 0 Å². The first kappa shape index (κ1) is 16.0. The van der Waals surface area contributed by atoms with E-state index in [2.05, 4.69) is 42.9 Å². The van der Waals surface area contributed by atoms with E-state index in [1.165, 1.54) is 0 Å². The molecular formula is C16H28N4O. The number of aromatic nitrogens is 2. The van der Waals surface area contributed by atoms with E-state index < -0.39 is 0 Å². The summed E-state index contributed by atoms with van der Waals surface area (Å²) in [6.07, 6.45) is 3.20. The van der Waals surface area contributed by atoms with Gasteiger partial charge in [0, 0.05) is 24.6 Å². The van der Waals surface area contributed by atoms with Crippen LogP contribution in [0.1, 0.15) is 52.8 Å². The lowest BCUT2D eigenvalue weighted by molar-refractivity contribution is 0.266. The van der Waals surface area contributed by atoms with Gasteiger partial charge in [-0.2, -0.15) is 0 Å². The summed E-state index contributed by atoms with van der Waals surface area (Å²) in [6, 6.07) is 2.20. The summed E-state index contributed by atoms with van der Waals surface area (Å²) < 4.78 is 0. The Labute approximate surface area is 127 Å². The molecule has 2 heterocycles. The molecule has 1 aliphatic heterocycles. The van der Waals surface area contributed by atoms with Crippen molar-refractivity contribution in [1.82, 2.24) is 9.97 Å². The Morgan fingerprint density at radius 2 is 2.14 bits per heavy atom. The third-order valence-corrected chi connectivity index (χ3v) is 3.82. The van der Waals surface area contributed by atoms with Gasteiger partial charge < -0.3 is 15.3 Å². The van der Waals surface area contributed by atoms with E-state index >= 15 is 0 Å². The van der Waals surface area contributed by atoms with Crippen molar-refractivity contribution < 1.29 is 5.11 Å². The van der Waals surface area contributed by atoms with Gasteiger partial charge in [-0.05, 0) is 19.3 Å². The summed E-state index contributed by atoms with van der Waals surface area (Å²) in [5.41, 5.74) is -0.0902. The smallest absolute Gasteiger partial charge is 0.138 e. The van der Waals surface area contributed by atoms with E-state index in [9.17, 15) is 5.11 Å². The molecule has 1 aromatic heterocycles. The summed E-state index contributed by atoms with van der Waals surface area (Å²) in [5, 5.41) is 12.9. The summed E-state index contributed by atoms with van der Waals surface area (Å²) in [6.45, 7) is 10.6. The van der Waals surface area contributed by atoms with Gasteiger partial charge in [0.25, 0.3) is 0 Å². The highest BCUT2D eigenvalue weighted by atomic mass is 16.3. The zero-order valence-corrected chi connectivity index (χ0v) is 13.7. The average Bonchev–Trinajstić information content (AvgIpc) is 2.92. The van der Waals surface area contributed by atoms with Crippen LogP contribution < -0.4 is 10.2 Å².